The molecule has 1 saturated heterocycles. The summed E-state index contributed by atoms with van der Waals surface area (Å²) in [6, 6.07) is 8.39. The third-order valence-corrected chi connectivity index (χ3v) is 4.70. The number of halogens is 1. The SMILES string of the molecule is O[C@@H]1[C@H](O)C([C@H](O)c2ccc(Cl)cc2)O[C@H]1n1ccc2cncnc21. The minimum Gasteiger partial charge on any atom is -0.387 e. The molecule has 1 aliphatic heterocycles. The highest BCUT2D eigenvalue weighted by Gasteiger charge is 2.47. The average Bonchev–Trinajstić information content (AvgIpc) is 3.17. The zero-order valence-electron chi connectivity index (χ0n) is 13.0. The molecule has 3 heterocycles. The Morgan fingerprint density at radius 2 is 1.88 bits per heavy atom. The summed E-state index contributed by atoms with van der Waals surface area (Å²) in [4.78, 5) is 8.13. The second-order valence-corrected chi connectivity index (χ2v) is 6.43. The smallest absolute Gasteiger partial charge is 0.164 e. The highest BCUT2D eigenvalue weighted by molar-refractivity contribution is 6.30. The number of benzene rings is 1. The second-order valence-electron chi connectivity index (χ2n) is 5.99. The van der Waals surface area contributed by atoms with Gasteiger partial charge in [-0.05, 0) is 23.8 Å². The van der Waals surface area contributed by atoms with E-state index in [-0.39, 0.29) is 0 Å². The molecule has 25 heavy (non-hydrogen) atoms. The predicted molar refractivity (Wildman–Crippen MR) is 89.9 cm³/mol. The van der Waals surface area contributed by atoms with Crippen molar-refractivity contribution in [3.8, 4) is 0 Å². The fourth-order valence-corrected chi connectivity index (χ4v) is 3.26. The maximum atomic E-state index is 10.6. The van der Waals surface area contributed by atoms with Crippen LogP contribution in [-0.2, 0) is 4.74 Å². The van der Waals surface area contributed by atoms with Crippen molar-refractivity contribution in [1.29, 1.82) is 0 Å². The Kier molecular flexibility index (Phi) is 4.18. The number of aliphatic hydroxyl groups excluding tert-OH is 3. The van der Waals surface area contributed by atoms with Crippen molar-refractivity contribution in [3.05, 3.63) is 59.6 Å². The Labute approximate surface area is 148 Å². The van der Waals surface area contributed by atoms with E-state index in [1.165, 1.54) is 6.33 Å². The standard InChI is InChI=1S/C17H16ClN3O4/c18-11-3-1-9(2-4-11)12(22)15-13(23)14(24)17(25-15)21-6-5-10-7-19-8-20-16(10)21/h1-8,12-15,17,22-24H/t12-,13+,14-,15?,17-/m1/s1. The van der Waals surface area contributed by atoms with Crippen molar-refractivity contribution < 1.29 is 20.1 Å². The van der Waals surface area contributed by atoms with Gasteiger partial charge in [-0.15, -0.1) is 0 Å². The number of fused-ring (bicyclic) bond motifs is 1. The number of aromatic nitrogens is 3. The van der Waals surface area contributed by atoms with E-state index in [1.54, 1.807) is 47.3 Å². The van der Waals surface area contributed by atoms with E-state index in [0.717, 1.165) is 5.39 Å². The normalized spacial score (nSPS) is 27.7. The third-order valence-electron chi connectivity index (χ3n) is 4.45. The molecule has 0 bridgehead atoms. The van der Waals surface area contributed by atoms with E-state index < -0.39 is 30.6 Å². The van der Waals surface area contributed by atoms with Gasteiger partial charge in [-0.1, -0.05) is 23.7 Å². The van der Waals surface area contributed by atoms with Gasteiger partial charge in [-0.3, -0.25) is 0 Å². The Morgan fingerprint density at radius 1 is 1.12 bits per heavy atom. The van der Waals surface area contributed by atoms with Gasteiger partial charge in [0.15, 0.2) is 6.23 Å². The van der Waals surface area contributed by atoms with Gasteiger partial charge in [-0.2, -0.15) is 0 Å². The zero-order valence-corrected chi connectivity index (χ0v) is 13.7. The molecule has 0 aliphatic carbocycles. The van der Waals surface area contributed by atoms with Gasteiger partial charge in [0.25, 0.3) is 0 Å². The van der Waals surface area contributed by atoms with Gasteiger partial charge in [0.1, 0.15) is 36.4 Å². The van der Waals surface area contributed by atoms with Crippen molar-refractivity contribution in [3.63, 3.8) is 0 Å². The van der Waals surface area contributed by atoms with Crippen molar-refractivity contribution >= 4 is 22.6 Å². The molecule has 1 unspecified atom stereocenters. The van der Waals surface area contributed by atoms with Gasteiger partial charge in [0, 0.05) is 22.8 Å². The lowest BCUT2D eigenvalue weighted by atomic mass is 9.99. The average molecular weight is 362 g/mol. The number of aliphatic hydroxyl groups is 3. The summed E-state index contributed by atoms with van der Waals surface area (Å²) in [5.74, 6) is 0. The fourth-order valence-electron chi connectivity index (χ4n) is 3.13. The van der Waals surface area contributed by atoms with E-state index in [0.29, 0.717) is 16.2 Å². The summed E-state index contributed by atoms with van der Waals surface area (Å²) < 4.78 is 7.43. The first-order valence-electron chi connectivity index (χ1n) is 7.78. The van der Waals surface area contributed by atoms with Gasteiger partial charge >= 0.3 is 0 Å². The lowest BCUT2D eigenvalue weighted by Gasteiger charge is -2.21. The Bertz CT molecular complexity index is 885. The predicted octanol–water partition coefficient (Wildman–Crippen LogP) is 1.44. The Morgan fingerprint density at radius 3 is 2.64 bits per heavy atom. The molecule has 2 aromatic heterocycles. The van der Waals surface area contributed by atoms with Crippen molar-refractivity contribution in [2.45, 2.75) is 30.6 Å². The molecule has 8 heteroatoms. The van der Waals surface area contributed by atoms with Crippen LogP contribution in [0.15, 0.2) is 49.1 Å². The quantitative estimate of drug-likeness (QED) is 0.652. The molecule has 5 atom stereocenters. The zero-order chi connectivity index (χ0) is 17.6. The summed E-state index contributed by atoms with van der Waals surface area (Å²) >= 11 is 5.86. The Balaban J connectivity index is 1.63. The summed E-state index contributed by atoms with van der Waals surface area (Å²) in [7, 11) is 0. The molecule has 1 aromatic carbocycles. The number of rotatable bonds is 3. The van der Waals surface area contributed by atoms with Crippen LogP contribution in [0.3, 0.4) is 0 Å². The minimum atomic E-state index is -1.25. The fraction of sp³-hybridized carbons (Fsp3) is 0.294. The molecule has 3 aromatic rings. The van der Waals surface area contributed by atoms with Gasteiger partial charge in [0.2, 0.25) is 0 Å². The molecule has 7 nitrogen and oxygen atoms in total. The van der Waals surface area contributed by atoms with Crippen LogP contribution in [0.2, 0.25) is 5.02 Å². The monoisotopic (exact) mass is 361 g/mol. The Hall–Kier alpha value is -2.03. The van der Waals surface area contributed by atoms with Crippen LogP contribution in [0.25, 0.3) is 11.0 Å². The molecule has 130 valence electrons. The van der Waals surface area contributed by atoms with E-state index in [9.17, 15) is 15.3 Å². The van der Waals surface area contributed by atoms with Crippen LogP contribution < -0.4 is 0 Å². The van der Waals surface area contributed by atoms with E-state index in [1.807, 2.05) is 0 Å². The van der Waals surface area contributed by atoms with Crippen LogP contribution in [0, 0.1) is 0 Å². The third kappa shape index (κ3) is 2.80. The highest BCUT2D eigenvalue weighted by Crippen LogP contribution is 2.37. The summed E-state index contributed by atoms with van der Waals surface area (Å²) in [5.41, 5.74) is 1.12. The van der Waals surface area contributed by atoms with E-state index >= 15 is 0 Å². The van der Waals surface area contributed by atoms with Crippen molar-refractivity contribution in [2.75, 3.05) is 0 Å². The number of hydrogen-bond acceptors (Lipinski definition) is 6. The van der Waals surface area contributed by atoms with Gasteiger partial charge in [0.05, 0.1) is 0 Å². The molecule has 1 fully saturated rings. The first-order valence-corrected chi connectivity index (χ1v) is 8.16. The van der Waals surface area contributed by atoms with Gasteiger partial charge in [-0.25, -0.2) is 9.97 Å². The maximum absolute atomic E-state index is 10.6. The molecule has 0 saturated carbocycles. The summed E-state index contributed by atoms with van der Waals surface area (Å²) in [6.45, 7) is 0. The van der Waals surface area contributed by atoms with Gasteiger partial charge < -0.3 is 24.6 Å². The topological polar surface area (TPSA) is 101 Å². The number of hydrogen-bond donors (Lipinski definition) is 3. The molecule has 4 rings (SSSR count). The minimum absolute atomic E-state index is 0.542. The lowest BCUT2D eigenvalue weighted by molar-refractivity contribution is -0.0848. The molecular weight excluding hydrogens is 346 g/mol. The lowest BCUT2D eigenvalue weighted by Crippen LogP contribution is -2.34. The molecule has 1 aliphatic rings. The molecule has 0 amide bonds. The van der Waals surface area contributed by atoms with E-state index in [2.05, 4.69) is 9.97 Å². The summed E-state index contributed by atoms with van der Waals surface area (Å²) in [6.07, 6.45) is -0.671. The molecular formula is C17H16ClN3O4. The van der Waals surface area contributed by atoms with Crippen LogP contribution in [0.1, 0.15) is 17.9 Å². The molecule has 0 radical (unpaired) electrons. The van der Waals surface area contributed by atoms with Crippen molar-refractivity contribution in [1.82, 2.24) is 14.5 Å². The van der Waals surface area contributed by atoms with Crippen molar-refractivity contribution in [2.24, 2.45) is 0 Å². The van der Waals surface area contributed by atoms with Crippen LogP contribution in [0.5, 0.6) is 0 Å². The molecule has 3 N–H and O–H groups in total. The van der Waals surface area contributed by atoms with Crippen LogP contribution in [-0.4, -0.2) is 48.2 Å². The first-order chi connectivity index (χ1) is 12.1. The largest absolute Gasteiger partial charge is 0.387 e. The molecule has 0 spiro atoms. The number of nitrogens with zero attached hydrogens (tertiary/aromatic N) is 3. The summed E-state index contributed by atoms with van der Waals surface area (Å²) in [5, 5.41) is 32.7. The maximum Gasteiger partial charge on any atom is 0.164 e. The second kappa shape index (κ2) is 6.36. The number of ether oxygens (including phenoxy) is 1. The highest BCUT2D eigenvalue weighted by atomic mass is 35.5. The van der Waals surface area contributed by atoms with Crippen LogP contribution >= 0.6 is 11.6 Å². The van der Waals surface area contributed by atoms with E-state index in [4.69, 9.17) is 16.3 Å². The van der Waals surface area contributed by atoms with Crippen LogP contribution in [0.4, 0.5) is 0 Å². The first kappa shape index (κ1) is 16.4.